The highest BCUT2D eigenvalue weighted by Gasteiger charge is 2.32. The fourth-order valence-corrected chi connectivity index (χ4v) is 17.9. The Bertz CT molecular complexity index is 6440. The summed E-state index contributed by atoms with van der Waals surface area (Å²) in [7, 11) is 1.80. The number of benzene rings is 7. The van der Waals surface area contributed by atoms with E-state index in [0.29, 0.717) is 64.0 Å². The van der Waals surface area contributed by atoms with Gasteiger partial charge in [0.15, 0.2) is 0 Å². The van der Waals surface area contributed by atoms with Gasteiger partial charge in [-0.3, -0.25) is 35.2 Å². The number of likely N-dealkylation sites (tertiary alicyclic amines) is 1. The smallest absolute Gasteiger partial charge is 0.373 e. The van der Waals surface area contributed by atoms with Crippen molar-refractivity contribution in [3.8, 4) is 34.5 Å². The summed E-state index contributed by atoms with van der Waals surface area (Å²) in [6.45, 7) is 22.5. The van der Waals surface area contributed by atoms with E-state index in [2.05, 4.69) is 67.9 Å². The summed E-state index contributed by atoms with van der Waals surface area (Å²) >= 11 is 0. The number of nitrogens with zero attached hydrogens (tertiary/aromatic N) is 7. The molecule has 5 unspecified atom stereocenters. The van der Waals surface area contributed by atoms with E-state index in [0.717, 1.165) is 218 Å². The lowest BCUT2D eigenvalue weighted by Crippen LogP contribution is -2.40. The number of hydrogen-bond donors (Lipinski definition) is 8. The molecule has 7 heterocycles. The van der Waals surface area contributed by atoms with Crippen LogP contribution in [0.25, 0.3) is 65.4 Å². The highest BCUT2D eigenvalue weighted by atomic mass is 16.5. The standard InChI is InChI=1S/C24H29N3O.C18H24N2O2.C17H22N2O2.C16H20N2O2.C16H20N2O.C12H14N2O.6CO2/c1-17-6-8-19(9-7-17)15-27-12-10-20(11-13-27)16-28-23-5-3-4-22-24(23)21(25)14-18(2)26-22;1-12-9-15(19)18-16(20-12)7-4-8-17(18)22-11-13-5-3-6-14(10-13)21-2;1-10-5-3-8-15(17(10)20)21-14-7-4-6-13-16(14)12(18)9-11(2)19-13;1-11-10-13(17)16-14(18(11)19)8-5-9-15(16)20-12-6-3-2-4-7-12;1-11-10-13(17)16-14(18-11)8-5-9-15(16)19-12-6-3-2-4-7-12;1-8(2)15-9-3-4-12-10(7-9)11(13)5-6-14-12;6*2-1-3/h3-9,14,20H,10-13,15-16H2,1-2H3,(H2,25,26);4,7-9,13-14H,3,5-6,10-11H2,1-2H3,(H2,19,20);4,6-7,9-10,15,17,20H,3,5,8H2,1-2H3,(H2,18,19);5,8-10,12,17,19H,2-4,6-7H2,1H3;5,8-10,12H,2-4,6-7H2,1H3,(H2,17,18);3-8H,1-2H3,(H2,13,14);;;;;;. The van der Waals surface area contributed by atoms with Crippen LogP contribution in [0, 0.1) is 64.7 Å². The Morgan fingerprint density at radius 1 is 0.427 bits per heavy atom. The van der Waals surface area contributed by atoms with Gasteiger partial charge in [0.2, 0.25) is 0 Å². The van der Waals surface area contributed by atoms with Crippen molar-refractivity contribution in [1.82, 2.24) is 34.6 Å². The van der Waals surface area contributed by atoms with Gasteiger partial charge in [0.05, 0.1) is 115 Å². The molecule has 756 valence electrons. The average Bonchev–Trinajstić information content (AvgIpc) is 0.780. The highest BCUT2D eigenvalue weighted by Crippen LogP contribution is 2.40. The highest BCUT2D eigenvalue weighted by molar-refractivity contribution is 5.99. The lowest BCUT2D eigenvalue weighted by molar-refractivity contribution is -0.193. The number of hydrogen-bond acceptors (Lipinski definition) is 33. The Kier molecular flexibility index (Phi) is 48.5. The fraction of sp³-hybridized carbons (Fsp3) is 0.394. The number of rotatable bonds is 17. The molecule has 4 saturated carbocycles. The van der Waals surface area contributed by atoms with E-state index < -0.39 is 6.10 Å². The molecule has 0 spiro atoms. The summed E-state index contributed by atoms with van der Waals surface area (Å²) in [5.74, 6) is 6.24. The van der Waals surface area contributed by atoms with Crippen LogP contribution in [0.2, 0.25) is 0 Å². The quantitative estimate of drug-likeness (QED) is 0.0392. The zero-order valence-electron chi connectivity index (χ0n) is 82.6. The van der Waals surface area contributed by atoms with E-state index in [9.17, 15) is 10.3 Å². The molecule has 7 aromatic carbocycles. The van der Waals surface area contributed by atoms with Gasteiger partial charge in [-0.05, 0) is 310 Å². The predicted octanol–water partition coefficient (Wildman–Crippen LogP) is 17.8. The van der Waals surface area contributed by atoms with Crippen molar-refractivity contribution in [3.63, 3.8) is 0 Å². The number of fused-ring (bicyclic) bond motifs is 6. The van der Waals surface area contributed by atoms with Gasteiger partial charge in [-0.2, -0.15) is 62.3 Å². The monoisotopic (exact) mass is 1960 g/mol. The maximum atomic E-state index is 10.3. The van der Waals surface area contributed by atoms with Crippen molar-refractivity contribution in [2.45, 2.75) is 227 Å². The first-order valence-electron chi connectivity index (χ1n) is 47.4. The van der Waals surface area contributed by atoms with Crippen LogP contribution in [-0.4, -0.2) is 152 Å². The minimum Gasteiger partial charge on any atom is -0.493 e. The molecule has 6 aromatic heterocycles. The molecule has 4 aliphatic carbocycles. The molecule has 34 heteroatoms. The third-order valence-corrected chi connectivity index (χ3v) is 24.5. The topological polar surface area (TPSA) is 536 Å². The number of anilines is 5. The molecule has 18 rings (SSSR count). The Balaban J connectivity index is 0.000000226. The SMILES string of the molecule is CC(C)Oc1ccc2nccc(N)c2c1.COC1CCCC(COc2cccc3nc(C)cc(N)c23)C1.Cc1cc(=N)c2c(OC3CCCCC3)cccc2n1O.Cc1cc(N)c2c(OC3CCCC(C)C3O)cccc2n1.Cc1cc(N)c2c(OC3CCCCC3)cccc2n1.Cc1ccc(CN2CCC(COc3cccc4nc(C)cc(N)c34)CC2)cc1.O=C=O.O=C=O.O=C=O.O=C=O.O=C=O.O=C=O. The second kappa shape index (κ2) is 60.5. The van der Waals surface area contributed by atoms with Crippen molar-refractivity contribution in [2.75, 3.05) is 62.1 Å². The maximum Gasteiger partial charge on any atom is 0.373 e. The molecule has 34 nitrogen and oxygen atoms in total. The molecule has 5 aliphatic rings. The number of aromatic nitrogens is 6. The van der Waals surface area contributed by atoms with Crippen LogP contribution in [0.1, 0.15) is 182 Å². The van der Waals surface area contributed by atoms with E-state index >= 15 is 0 Å². The van der Waals surface area contributed by atoms with Gasteiger partial charge < -0.3 is 72.1 Å². The van der Waals surface area contributed by atoms with Gasteiger partial charge in [-0.25, -0.2) is 0 Å². The molecule has 5 atom stereocenters. The van der Waals surface area contributed by atoms with E-state index in [-0.39, 0.29) is 61.1 Å². The molecule has 1 saturated heterocycles. The number of nitrogens with one attached hydrogen (secondary N) is 1. The second-order valence-electron chi connectivity index (χ2n) is 35.4. The summed E-state index contributed by atoms with van der Waals surface area (Å²) in [5.41, 5.74) is 46.3. The molecule has 0 bridgehead atoms. The maximum absolute atomic E-state index is 10.3. The van der Waals surface area contributed by atoms with Crippen LogP contribution in [0.4, 0.5) is 28.4 Å². The summed E-state index contributed by atoms with van der Waals surface area (Å²) < 4.78 is 42.9. The van der Waals surface area contributed by atoms with E-state index in [1.807, 2.05) is 175 Å². The van der Waals surface area contributed by atoms with Crippen molar-refractivity contribution in [3.05, 3.63) is 221 Å². The number of aliphatic hydroxyl groups is 1. The number of nitrogens with two attached hydrogens (primary N) is 5. The number of aryl methyl sites for hydroxylation is 6. The fourth-order valence-electron chi connectivity index (χ4n) is 17.9. The largest absolute Gasteiger partial charge is 0.493 e. The summed E-state index contributed by atoms with van der Waals surface area (Å²) in [5, 5.41) is 34.2. The number of carbonyl (C=O) groups excluding carboxylic acids is 12. The van der Waals surface area contributed by atoms with Crippen LogP contribution >= 0.6 is 0 Å². The number of ether oxygens (including phenoxy) is 7. The molecule has 13 aromatic rings. The van der Waals surface area contributed by atoms with Crippen LogP contribution in [0.15, 0.2) is 176 Å². The van der Waals surface area contributed by atoms with Gasteiger partial charge in [0, 0.05) is 76.5 Å². The molecular weight excluding hydrogens is 1830 g/mol. The van der Waals surface area contributed by atoms with E-state index in [1.54, 1.807) is 32.4 Å². The van der Waals surface area contributed by atoms with Gasteiger partial charge >= 0.3 is 36.9 Å². The first kappa shape index (κ1) is 115. The van der Waals surface area contributed by atoms with Crippen molar-refractivity contribution in [1.29, 1.82) is 5.41 Å². The van der Waals surface area contributed by atoms with Crippen molar-refractivity contribution < 1.29 is 101 Å². The molecule has 143 heavy (non-hydrogen) atoms. The van der Waals surface area contributed by atoms with E-state index in [4.69, 9.17) is 125 Å². The van der Waals surface area contributed by atoms with Crippen molar-refractivity contribution >= 4 is 131 Å². The molecule has 0 radical (unpaired) electrons. The second-order valence-corrected chi connectivity index (χ2v) is 35.4. The molecule has 1 aliphatic heterocycles. The predicted molar refractivity (Wildman–Crippen MR) is 537 cm³/mol. The Morgan fingerprint density at radius 3 is 1.28 bits per heavy atom. The number of piperidine rings is 1. The Morgan fingerprint density at radius 2 is 0.832 bits per heavy atom. The van der Waals surface area contributed by atoms with Crippen LogP contribution in [0.5, 0.6) is 34.5 Å². The van der Waals surface area contributed by atoms with Gasteiger partial charge in [-0.1, -0.05) is 86.3 Å². The first-order valence-corrected chi connectivity index (χ1v) is 47.4. The van der Waals surface area contributed by atoms with Crippen molar-refractivity contribution in [2.24, 2.45) is 17.8 Å². The number of nitrogen functional groups attached to an aromatic ring is 5. The molecule has 5 fully saturated rings. The number of pyridine rings is 6. The molecule has 0 amide bonds. The molecule has 13 N–H and O–H groups in total. The lowest BCUT2D eigenvalue weighted by Gasteiger charge is -2.33. The normalized spacial score (nSPS) is 16.3. The minimum atomic E-state index is -0.423. The first-order chi connectivity index (χ1) is 68.9. The molecular formula is C109H129N13O21. The Labute approximate surface area is 830 Å². The zero-order valence-corrected chi connectivity index (χ0v) is 82.6. The number of methoxy groups -OCH3 is 1. The average molecular weight is 1960 g/mol. The minimum absolute atomic E-state index is 0.167. The summed E-state index contributed by atoms with van der Waals surface area (Å²) in [6.07, 6.45) is 25.8. The zero-order chi connectivity index (χ0) is 104. The van der Waals surface area contributed by atoms with Crippen LogP contribution < -0.4 is 62.4 Å². The van der Waals surface area contributed by atoms with Gasteiger partial charge in [-0.15, -0.1) is 0 Å². The van der Waals surface area contributed by atoms with Gasteiger partial charge in [0.25, 0.3) is 0 Å². The summed E-state index contributed by atoms with van der Waals surface area (Å²) in [4.78, 5) is 122. The van der Waals surface area contributed by atoms with Gasteiger partial charge in [0.1, 0.15) is 40.6 Å². The van der Waals surface area contributed by atoms with Crippen LogP contribution in [-0.2, 0) is 68.8 Å². The number of aliphatic hydroxyl groups excluding tert-OH is 1. The summed E-state index contributed by atoms with van der Waals surface area (Å²) in [6, 6.07) is 54.9. The lowest BCUT2D eigenvalue weighted by atomic mass is 9.86. The third-order valence-electron chi connectivity index (χ3n) is 24.5. The Hall–Kier alpha value is -15.4. The van der Waals surface area contributed by atoms with E-state index in [1.165, 1.54) is 75.3 Å². The van der Waals surface area contributed by atoms with Crippen LogP contribution in [0.3, 0.4) is 0 Å². The third kappa shape index (κ3) is 36.0.